The van der Waals surface area contributed by atoms with Gasteiger partial charge in [0.05, 0.1) is 5.92 Å². The van der Waals surface area contributed by atoms with Gasteiger partial charge in [-0.25, -0.2) is 8.78 Å². The molecule has 3 nitrogen and oxygen atoms in total. The molecule has 0 aliphatic rings. The second kappa shape index (κ2) is 7.06. The zero-order valence-corrected chi connectivity index (χ0v) is 10.0. The Hall–Kier alpha value is -1.49. The Kier molecular flexibility index (Phi) is 5.71. The molecule has 0 bridgehead atoms. The fourth-order valence-corrected chi connectivity index (χ4v) is 1.86. The predicted octanol–water partition coefficient (Wildman–Crippen LogP) is 2.34. The van der Waals surface area contributed by atoms with Crippen molar-refractivity contribution in [3.05, 3.63) is 35.4 Å². The van der Waals surface area contributed by atoms with E-state index in [2.05, 4.69) is 0 Å². The molecule has 3 N–H and O–H groups in total. The highest BCUT2D eigenvalue weighted by Crippen LogP contribution is 2.17. The van der Waals surface area contributed by atoms with Crippen LogP contribution in [0.5, 0.6) is 0 Å². The van der Waals surface area contributed by atoms with E-state index in [1.807, 2.05) is 0 Å². The number of halogens is 2. The maximum atomic E-state index is 13.0. The van der Waals surface area contributed by atoms with Crippen LogP contribution in [0.2, 0.25) is 0 Å². The number of aliphatic carboxylic acids is 1. The van der Waals surface area contributed by atoms with Crippen molar-refractivity contribution in [3.8, 4) is 0 Å². The highest BCUT2D eigenvalue weighted by atomic mass is 19.1. The standard InChI is InChI=1S/C13H17F2NO2/c14-11-6-9(7-12(15)8-11)5-10(13(17)18)3-1-2-4-16/h6-8,10H,1-5,16H2,(H,17,18). The SMILES string of the molecule is NCCCCC(Cc1cc(F)cc(F)c1)C(=O)O. The van der Waals surface area contributed by atoms with E-state index in [9.17, 15) is 13.6 Å². The Morgan fingerprint density at radius 3 is 2.33 bits per heavy atom. The van der Waals surface area contributed by atoms with Gasteiger partial charge in [-0.2, -0.15) is 0 Å². The molecule has 1 aromatic carbocycles. The Labute approximate surface area is 105 Å². The van der Waals surface area contributed by atoms with Crippen LogP contribution >= 0.6 is 0 Å². The fourth-order valence-electron chi connectivity index (χ4n) is 1.86. The molecule has 5 heteroatoms. The minimum absolute atomic E-state index is 0.134. The van der Waals surface area contributed by atoms with Gasteiger partial charge in [-0.15, -0.1) is 0 Å². The summed E-state index contributed by atoms with van der Waals surface area (Å²) >= 11 is 0. The first-order valence-electron chi connectivity index (χ1n) is 5.90. The van der Waals surface area contributed by atoms with Gasteiger partial charge in [-0.3, -0.25) is 4.79 Å². The van der Waals surface area contributed by atoms with Gasteiger partial charge in [0.1, 0.15) is 11.6 Å². The highest BCUT2D eigenvalue weighted by Gasteiger charge is 2.18. The number of unbranched alkanes of at least 4 members (excludes halogenated alkanes) is 1. The van der Waals surface area contributed by atoms with E-state index in [-0.39, 0.29) is 6.42 Å². The monoisotopic (exact) mass is 257 g/mol. The number of nitrogens with two attached hydrogens (primary N) is 1. The summed E-state index contributed by atoms with van der Waals surface area (Å²) in [7, 11) is 0. The molecule has 100 valence electrons. The van der Waals surface area contributed by atoms with E-state index in [0.717, 1.165) is 12.5 Å². The molecule has 0 fully saturated rings. The fraction of sp³-hybridized carbons (Fsp3) is 0.462. The highest BCUT2D eigenvalue weighted by molar-refractivity contribution is 5.70. The molecule has 0 saturated heterocycles. The van der Waals surface area contributed by atoms with Gasteiger partial charge in [-0.05, 0) is 43.5 Å². The van der Waals surface area contributed by atoms with Crippen LogP contribution < -0.4 is 5.73 Å². The molecular weight excluding hydrogens is 240 g/mol. The minimum Gasteiger partial charge on any atom is -0.481 e. The molecule has 0 aliphatic heterocycles. The summed E-state index contributed by atoms with van der Waals surface area (Å²) in [6.45, 7) is 0.515. The first-order chi connectivity index (χ1) is 8.52. The number of carbonyl (C=O) groups is 1. The second-order valence-electron chi connectivity index (χ2n) is 4.30. The van der Waals surface area contributed by atoms with E-state index < -0.39 is 23.5 Å². The van der Waals surface area contributed by atoms with Crippen LogP contribution in [-0.2, 0) is 11.2 Å². The zero-order valence-electron chi connectivity index (χ0n) is 10.0. The molecule has 0 aliphatic carbocycles. The first kappa shape index (κ1) is 14.6. The summed E-state index contributed by atoms with van der Waals surface area (Å²) < 4.78 is 26.0. The summed E-state index contributed by atoms with van der Waals surface area (Å²) in [5.41, 5.74) is 5.70. The topological polar surface area (TPSA) is 63.3 Å². The first-order valence-corrected chi connectivity index (χ1v) is 5.90. The van der Waals surface area contributed by atoms with Gasteiger partial charge in [0.25, 0.3) is 0 Å². The molecule has 1 rings (SSSR count). The lowest BCUT2D eigenvalue weighted by Crippen LogP contribution is -2.17. The lowest BCUT2D eigenvalue weighted by atomic mass is 9.94. The number of hydrogen-bond donors (Lipinski definition) is 2. The smallest absolute Gasteiger partial charge is 0.306 e. The lowest BCUT2D eigenvalue weighted by molar-refractivity contribution is -0.142. The van der Waals surface area contributed by atoms with Crippen molar-refractivity contribution in [2.45, 2.75) is 25.7 Å². The molecule has 0 spiro atoms. The molecule has 1 atom stereocenters. The Balaban J connectivity index is 2.67. The van der Waals surface area contributed by atoms with Gasteiger partial charge in [-0.1, -0.05) is 6.42 Å². The van der Waals surface area contributed by atoms with Crippen molar-refractivity contribution in [2.75, 3.05) is 6.54 Å². The van der Waals surface area contributed by atoms with Gasteiger partial charge in [0.2, 0.25) is 0 Å². The van der Waals surface area contributed by atoms with Crippen molar-refractivity contribution in [3.63, 3.8) is 0 Å². The number of benzene rings is 1. The van der Waals surface area contributed by atoms with Gasteiger partial charge in [0.15, 0.2) is 0 Å². The van der Waals surface area contributed by atoms with E-state index in [1.165, 1.54) is 12.1 Å². The van der Waals surface area contributed by atoms with Gasteiger partial charge < -0.3 is 10.8 Å². The van der Waals surface area contributed by atoms with Crippen molar-refractivity contribution in [2.24, 2.45) is 11.7 Å². The number of rotatable bonds is 7. The number of carboxylic acids is 1. The normalized spacial score (nSPS) is 12.4. The summed E-state index contributed by atoms with van der Waals surface area (Å²) in [5, 5.41) is 9.05. The maximum absolute atomic E-state index is 13.0. The summed E-state index contributed by atoms with van der Waals surface area (Å²) in [6, 6.07) is 3.11. The van der Waals surface area contributed by atoms with E-state index in [4.69, 9.17) is 10.8 Å². The average molecular weight is 257 g/mol. The van der Waals surface area contributed by atoms with Crippen LogP contribution in [-0.4, -0.2) is 17.6 Å². The van der Waals surface area contributed by atoms with Crippen LogP contribution in [0.15, 0.2) is 18.2 Å². The summed E-state index contributed by atoms with van der Waals surface area (Å²) in [6.07, 6.45) is 2.05. The molecule has 0 heterocycles. The predicted molar refractivity (Wildman–Crippen MR) is 64.1 cm³/mol. The minimum atomic E-state index is -0.948. The zero-order chi connectivity index (χ0) is 13.5. The molecule has 0 saturated carbocycles. The van der Waals surface area contributed by atoms with Crippen molar-refractivity contribution < 1.29 is 18.7 Å². The number of carboxylic acid groups (broad SMARTS) is 1. The van der Waals surface area contributed by atoms with Crippen LogP contribution in [0.4, 0.5) is 8.78 Å². The van der Waals surface area contributed by atoms with E-state index in [1.54, 1.807) is 0 Å². The third kappa shape index (κ3) is 4.79. The van der Waals surface area contributed by atoms with Crippen LogP contribution in [0.1, 0.15) is 24.8 Å². The van der Waals surface area contributed by atoms with Crippen LogP contribution in [0.25, 0.3) is 0 Å². The van der Waals surface area contributed by atoms with Gasteiger partial charge in [0, 0.05) is 6.07 Å². The van der Waals surface area contributed by atoms with Crippen molar-refractivity contribution in [1.82, 2.24) is 0 Å². The molecule has 0 radical (unpaired) electrons. The average Bonchev–Trinajstić information content (AvgIpc) is 2.26. The van der Waals surface area contributed by atoms with Crippen molar-refractivity contribution in [1.29, 1.82) is 0 Å². The third-order valence-corrected chi connectivity index (χ3v) is 2.76. The molecule has 1 aromatic rings. The third-order valence-electron chi connectivity index (χ3n) is 2.76. The maximum Gasteiger partial charge on any atom is 0.306 e. The van der Waals surface area contributed by atoms with Crippen LogP contribution in [0, 0.1) is 17.6 Å². The Morgan fingerprint density at radius 2 is 1.83 bits per heavy atom. The largest absolute Gasteiger partial charge is 0.481 e. The molecular formula is C13H17F2NO2. The van der Waals surface area contributed by atoms with E-state index >= 15 is 0 Å². The summed E-state index contributed by atoms with van der Waals surface area (Å²) in [5.74, 6) is -2.94. The van der Waals surface area contributed by atoms with E-state index in [0.29, 0.717) is 24.9 Å². The lowest BCUT2D eigenvalue weighted by Gasteiger charge is -2.12. The molecule has 0 aromatic heterocycles. The van der Waals surface area contributed by atoms with Gasteiger partial charge >= 0.3 is 5.97 Å². The van der Waals surface area contributed by atoms with Crippen LogP contribution in [0.3, 0.4) is 0 Å². The van der Waals surface area contributed by atoms with Crippen molar-refractivity contribution >= 4 is 5.97 Å². The molecule has 18 heavy (non-hydrogen) atoms. The molecule has 1 unspecified atom stereocenters. The molecule has 0 amide bonds. The number of hydrogen-bond acceptors (Lipinski definition) is 2. The second-order valence-corrected chi connectivity index (χ2v) is 4.30. The Bertz CT molecular complexity index is 390. The summed E-state index contributed by atoms with van der Waals surface area (Å²) in [4.78, 5) is 11.0. The Morgan fingerprint density at radius 1 is 1.22 bits per heavy atom. The quantitative estimate of drug-likeness (QED) is 0.737.